The summed E-state index contributed by atoms with van der Waals surface area (Å²) in [6.45, 7) is 7.93. The molecule has 0 saturated heterocycles. The molecule has 0 spiro atoms. The van der Waals surface area contributed by atoms with Crippen LogP contribution in [0.15, 0.2) is 11.3 Å². The lowest BCUT2D eigenvalue weighted by Crippen LogP contribution is -2.29. The maximum absolute atomic E-state index is 2.38. The molecule has 70 valence electrons. The minimum absolute atomic E-state index is 0.902. The van der Waals surface area contributed by atoms with Gasteiger partial charge in [0.2, 0.25) is 0 Å². The molecule has 0 heterocycles. The van der Waals surface area contributed by atoms with Crippen molar-refractivity contribution in [3.63, 3.8) is 0 Å². The SMILES string of the molecule is CCCC1CC(N(C)CC)=C1C. The Hall–Kier alpha value is -0.460. The van der Waals surface area contributed by atoms with E-state index >= 15 is 0 Å². The van der Waals surface area contributed by atoms with Gasteiger partial charge in [-0.05, 0) is 32.6 Å². The van der Waals surface area contributed by atoms with Crippen LogP contribution in [-0.2, 0) is 0 Å². The van der Waals surface area contributed by atoms with E-state index in [1.165, 1.54) is 19.3 Å². The fourth-order valence-electron chi connectivity index (χ4n) is 1.97. The smallest absolute Gasteiger partial charge is 0.0143 e. The van der Waals surface area contributed by atoms with Crippen molar-refractivity contribution in [1.82, 2.24) is 4.90 Å². The predicted molar refractivity (Wildman–Crippen MR) is 54.0 cm³/mol. The molecule has 0 saturated carbocycles. The van der Waals surface area contributed by atoms with Crippen LogP contribution in [0.3, 0.4) is 0 Å². The summed E-state index contributed by atoms with van der Waals surface area (Å²) in [4.78, 5) is 2.38. The summed E-state index contributed by atoms with van der Waals surface area (Å²) in [7, 11) is 2.20. The van der Waals surface area contributed by atoms with Gasteiger partial charge in [0.15, 0.2) is 0 Å². The summed E-state index contributed by atoms with van der Waals surface area (Å²) in [5.41, 5.74) is 3.23. The van der Waals surface area contributed by atoms with E-state index in [1.54, 1.807) is 11.3 Å². The van der Waals surface area contributed by atoms with Gasteiger partial charge in [0.05, 0.1) is 0 Å². The number of allylic oxidation sites excluding steroid dienone is 2. The van der Waals surface area contributed by atoms with Gasteiger partial charge in [-0.1, -0.05) is 18.9 Å². The number of hydrogen-bond acceptors (Lipinski definition) is 1. The Balaban J connectivity index is 2.49. The van der Waals surface area contributed by atoms with E-state index in [0.717, 1.165) is 12.5 Å². The van der Waals surface area contributed by atoms with Crippen molar-refractivity contribution in [3.05, 3.63) is 11.3 Å². The lowest BCUT2D eigenvalue weighted by Gasteiger charge is -2.37. The highest BCUT2D eigenvalue weighted by Gasteiger charge is 2.26. The molecule has 0 fully saturated rings. The molecule has 12 heavy (non-hydrogen) atoms. The second-order valence-corrected chi connectivity index (χ2v) is 3.83. The van der Waals surface area contributed by atoms with Gasteiger partial charge in [-0.3, -0.25) is 0 Å². The quantitative estimate of drug-likeness (QED) is 0.622. The summed E-state index contributed by atoms with van der Waals surface area (Å²) < 4.78 is 0. The van der Waals surface area contributed by atoms with Crippen molar-refractivity contribution in [2.45, 2.75) is 40.0 Å². The number of hydrogen-bond donors (Lipinski definition) is 0. The van der Waals surface area contributed by atoms with Gasteiger partial charge in [-0.25, -0.2) is 0 Å². The van der Waals surface area contributed by atoms with E-state index in [2.05, 4.69) is 32.7 Å². The number of rotatable bonds is 4. The molecule has 1 aliphatic carbocycles. The molecule has 0 amide bonds. The van der Waals surface area contributed by atoms with Crippen LogP contribution < -0.4 is 0 Å². The van der Waals surface area contributed by atoms with Crippen molar-refractivity contribution in [2.24, 2.45) is 5.92 Å². The van der Waals surface area contributed by atoms with Crippen molar-refractivity contribution < 1.29 is 0 Å². The third kappa shape index (κ3) is 1.65. The topological polar surface area (TPSA) is 3.24 Å². The molecular weight excluding hydrogens is 146 g/mol. The van der Waals surface area contributed by atoms with Crippen molar-refractivity contribution in [3.8, 4) is 0 Å². The van der Waals surface area contributed by atoms with Crippen LogP contribution in [0, 0.1) is 5.92 Å². The Kier molecular flexibility index (Phi) is 3.19. The zero-order valence-corrected chi connectivity index (χ0v) is 8.85. The molecule has 1 unspecified atom stereocenters. The lowest BCUT2D eigenvalue weighted by atomic mass is 9.79. The molecule has 0 aromatic heterocycles. The van der Waals surface area contributed by atoms with Gasteiger partial charge >= 0.3 is 0 Å². The summed E-state index contributed by atoms with van der Waals surface area (Å²) in [5, 5.41) is 0. The Morgan fingerprint density at radius 1 is 1.42 bits per heavy atom. The van der Waals surface area contributed by atoms with Crippen LogP contribution in [0.4, 0.5) is 0 Å². The summed E-state index contributed by atoms with van der Waals surface area (Å²) in [6.07, 6.45) is 4.03. The van der Waals surface area contributed by atoms with E-state index in [1.807, 2.05) is 0 Å². The largest absolute Gasteiger partial charge is 0.378 e. The van der Waals surface area contributed by atoms with Crippen molar-refractivity contribution >= 4 is 0 Å². The summed E-state index contributed by atoms with van der Waals surface area (Å²) in [6, 6.07) is 0. The average molecular weight is 167 g/mol. The van der Waals surface area contributed by atoms with Gasteiger partial charge in [-0.2, -0.15) is 0 Å². The van der Waals surface area contributed by atoms with Crippen molar-refractivity contribution in [2.75, 3.05) is 13.6 Å². The summed E-state index contributed by atoms with van der Waals surface area (Å²) in [5.74, 6) is 0.902. The molecule has 0 aromatic rings. The summed E-state index contributed by atoms with van der Waals surface area (Å²) >= 11 is 0. The third-order valence-electron chi connectivity index (χ3n) is 3.08. The zero-order chi connectivity index (χ0) is 9.14. The first-order chi connectivity index (χ1) is 5.70. The molecule has 0 aliphatic heterocycles. The van der Waals surface area contributed by atoms with Crippen molar-refractivity contribution in [1.29, 1.82) is 0 Å². The maximum atomic E-state index is 2.38. The number of nitrogens with zero attached hydrogens (tertiary/aromatic N) is 1. The predicted octanol–water partition coefficient (Wildman–Crippen LogP) is 3.03. The van der Waals surface area contributed by atoms with E-state index < -0.39 is 0 Å². The highest BCUT2D eigenvalue weighted by molar-refractivity contribution is 5.25. The first kappa shape index (κ1) is 9.63. The van der Waals surface area contributed by atoms with Crippen LogP contribution in [-0.4, -0.2) is 18.5 Å². The highest BCUT2D eigenvalue weighted by Crippen LogP contribution is 2.38. The fourth-order valence-corrected chi connectivity index (χ4v) is 1.97. The van der Waals surface area contributed by atoms with Crippen LogP contribution in [0.2, 0.25) is 0 Å². The van der Waals surface area contributed by atoms with Gasteiger partial charge < -0.3 is 4.90 Å². The normalized spacial score (nSPS) is 22.5. The minimum Gasteiger partial charge on any atom is -0.378 e. The third-order valence-corrected chi connectivity index (χ3v) is 3.08. The van der Waals surface area contributed by atoms with Gasteiger partial charge in [0, 0.05) is 19.3 Å². The zero-order valence-electron chi connectivity index (χ0n) is 8.85. The molecule has 0 aromatic carbocycles. The molecule has 0 bridgehead atoms. The minimum atomic E-state index is 0.902. The van der Waals surface area contributed by atoms with Crippen LogP contribution in [0.1, 0.15) is 40.0 Å². The lowest BCUT2D eigenvalue weighted by molar-refractivity contribution is 0.335. The first-order valence-corrected chi connectivity index (χ1v) is 5.11. The Morgan fingerprint density at radius 3 is 2.50 bits per heavy atom. The molecule has 1 atom stereocenters. The second kappa shape index (κ2) is 3.97. The highest BCUT2D eigenvalue weighted by atomic mass is 15.1. The van der Waals surface area contributed by atoms with Gasteiger partial charge in [-0.15, -0.1) is 0 Å². The molecule has 1 heteroatoms. The van der Waals surface area contributed by atoms with Crippen LogP contribution in [0.25, 0.3) is 0 Å². The Bertz CT molecular complexity index is 181. The molecular formula is C11H21N. The molecule has 0 N–H and O–H groups in total. The van der Waals surface area contributed by atoms with E-state index in [4.69, 9.17) is 0 Å². The Morgan fingerprint density at radius 2 is 2.08 bits per heavy atom. The average Bonchev–Trinajstić information content (AvgIpc) is 2.09. The molecule has 1 aliphatic rings. The Labute approximate surface area is 76.5 Å². The standard InChI is InChI=1S/C11H21N/c1-5-7-10-8-11(9(10)3)12(4)6-2/h10H,5-8H2,1-4H3. The second-order valence-electron chi connectivity index (χ2n) is 3.83. The fraction of sp³-hybridized carbons (Fsp3) is 0.818. The van der Waals surface area contributed by atoms with Crippen LogP contribution in [0.5, 0.6) is 0 Å². The van der Waals surface area contributed by atoms with Crippen LogP contribution >= 0.6 is 0 Å². The monoisotopic (exact) mass is 167 g/mol. The van der Waals surface area contributed by atoms with E-state index in [-0.39, 0.29) is 0 Å². The molecule has 1 nitrogen and oxygen atoms in total. The maximum Gasteiger partial charge on any atom is 0.0143 e. The molecule has 1 rings (SSSR count). The first-order valence-electron chi connectivity index (χ1n) is 5.11. The van der Waals surface area contributed by atoms with E-state index in [9.17, 15) is 0 Å². The van der Waals surface area contributed by atoms with Gasteiger partial charge in [0.25, 0.3) is 0 Å². The molecule has 0 radical (unpaired) electrons. The van der Waals surface area contributed by atoms with E-state index in [0.29, 0.717) is 0 Å². The van der Waals surface area contributed by atoms with Gasteiger partial charge in [0.1, 0.15) is 0 Å².